The van der Waals surface area contributed by atoms with Gasteiger partial charge >= 0.3 is 0 Å². The highest BCUT2D eigenvalue weighted by atomic mass is 16.5. The lowest BCUT2D eigenvalue weighted by Crippen LogP contribution is -2.13. The van der Waals surface area contributed by atoms with E-state index in [0.717, 1.165) is 17.1 Å². The molecule has 1 amide bonds. The highest BCUT2D eigenvalue weighted by molar-refractivity contribution is 5.99. The Morgan fingerprint density at radius 1 is 1.11 bits per heavy atom. The summed E-state index contributed by atoms with van der Waals surface area (Å²) in [6, 6.07) is 12.5. The van der Waals surface area contributed by atoms with Crippen molar-refractivity contribution in [3.8, 4) is 5.75 Å². The Morgan fingerprint density at radius 3 is 2.32 bits per heavy atom. The van der Waals surface area contributed by atoms with Crippen molar-refractivity contribution in [2.75, 3.05) is 18.2 Å². The first-order valence-electron chi connectivity index (χ1n) is 5.70. The molecule has 2 aromatic carbocycles. The van der Waals surface area contributed by atoms with Crippen molar-refractivity contribution in [3.05, 3.63) is 48.0 Å². The average Bonchev–Trinajstić information content (AvgIpc) is 2.41. The van der Waals surface area contributed by atoms with Gasteiger partial charge in [-0.2, -0.15) is 0 Å². The topological polar surface area (TPSA) is 90.4 Å². The molecule has 0 unspecified atom stereocenters. The number of primary amides is 1. The third kappa shape index (κ3) is 2.95. The van der Waals surface area contributed by atoms with E-state index in [2.05, 4.69) is 5.32 Å². The summed E-state index contributed by atoms with van der Waals surface area (Å²) < 4.78 is 5.08. The highest BCUT2D eigenvalue weighted by Gasteiger charge is 2.06. The van der Waals surface area contributed by atoms with E-state index in [1.807, 2.05) is 24.3 Å². The van der Waals surface area contributed by atoms with Crippen molar-refractivity contribution < 1.29 is 9.53 Å². The number of nitrogens with two attached hydrogens (primary N) is 2. The van der Waals surface area contributed by atoms with Crippen LogP contribution in [0.4, 0.5) is 17.1 Å². The number of ether oxygens (including phenoxy) is 1. The molecule has 5 N–H and O–H groups in total. The van der Waals surface area contributed by atoms with Crippen LogP contribution in [-0.2, 0) is 0 Å². The van der Waals surface area contributed by atoms with Gasteiger partial charge in [0.2, 0.25) is 0 Å². The Kier molecular flexibility index (Phi) is 3.56. The average molecular weight is 257 g/mol. The third-order valence-electron chi connectivity index (χ3n) is 2.70. The number of nitrogen functional groups attached to an aromatic ring is 1. The van der Waals surface area contributed by atoms with Gasteiger partial charge in [0, 0.05) is 17.1 Å². The molecule has 0 radical (unpaired) electrons. The maximum atomic E-state index is 11.2. The van der Waals surface area contributed by atoms with E-state index in [1.54, 1.807) is 25.3 Å². The van der Waals surface area contributed by atoms with Crippen molar-refractivity contribution in [1.29, 1.82) is 0 Å². The summed E-state index contributed by atoms with van der Waals surface area (Å²) in [5.74, 6) is 0.233. The molecule has 0 saturated heterocycles. The van der Waals surface area contributed by atoms with Crippen LogP contribution in [0.25, 0.3) is 0 Å². The monoisotopic (exact) mass is 257 g/mol. The molecule has 5 heteroatoms. The fourth-order valence-electron chi connectivity index (χ4n) is 1.69. The molecule has 98 valence electrons. The van der Waals surface area contributed by atoms with Crippen LogP contribution in [0.15, 0.2) is 42.5 Å². The predicted molar refractivity (Wildman–Crippen MR) is 75.6 cm³/mol. The first-order valence-corrected chi connectivity index (χ1v) is 5.70. The minimum Gasteiger partial charge on any atom is -0.497 e. The first kappa shape index (κ1) is 12.8. The number of hydrogen-bond donors (Lipinski definition) is 3. The zero-order chi connectivity index (χ0) is 13.8. The van der Waals surface area contributed by atoms with Gasteiger partial charge in [-0.25, -0.2) is 0 Å². The number of carbonyl (C=O) groups is 1. The molecule has 0 aliphatic carbocycles. The summed E-state index contributed by atoms with van der Waals surface area (Å²) in [5.41, 5.74) is 13.2. The summed E-state index contributed by atoms with van der Waals surface area (Å²) in [5, 5.41) is 3.16. The van der Waals surface area contributed by atoms with Gasteiger partial charge in [0.25, 0.3) is 5.91 Å². The van der Waals surface area contributed by atoms with E-state index >= 15 is 0 Å². The van der Waals surface area contributed by atoms with Gasteiger partial charge in [-0.15, -0.1) is 0 Å². The molecule has 0 aliphatic heterocycles. The van der Waals surface area contributed by atoms with E-state index in [0.29, 0.717) is 11.3 Å². The summed E-state index contributed by atoms with van der Waals surface area (Å²) >= 11 is 0. The molecular formula is C14H15N3O2. The van der Waals surface area contributed by atoms with Gasteiger partial charge in [-0.1, -0.05) is 0 Å². The molecule has 0 aromatic heterocycles. The van der Waals surface area contributed by atoms with Crippen LogP contribution >= 0.6 is 0 Å². The number of methoxy groups -OCH3 is 1. The second-order valence-electron chi connectivity index (χ2n) is 4.02. The second-order valence-corrected chi connectivity index (χ2v) is 4.02. The number of nitrogens with one attached hydrogen (secondary N) is 1. The second kappa shape index (κ2) is 5.30. The minimum absolute atomic E-state index is 0.304. The van der Waals surface area contributed by atoms with Gasteiger partial charge < -0.3 is 21.5 Å². The lowest BCUT2D eigenvalue weighted by molar-refractivity contribution is 0.100. The molecular weight excluding hydrogens is 242 g/mol. The van der Waals surface area contributed by atoms with Crippen molar-refractivity contribution in [1.82, 2.24) is 0 Å². The number of anilines is 3. The number of rotatable bonds is 4. The lowest BCUT2D eigenvalue weighted by atomic mass is 10.1. The fourth-order valence-corrected chi connectivity index (χ4v) is 1.69. The maximum absolute atomic E-state index is 11.2. The SMILES string of the molecule is COc1ccc(Nc2ccc(N)c(C(N)=O)c2)cc1. The number of benzene rings is 2. The Labute approximate surface area is 111 Å². The van der Waals surface area contributed by atoms with Gasteiger partial charge in [0.15, 0.2) is 0 Å². The summed E-state index contributed by atoms with van der Waals surface area (Å²) in [6.45, 7) is 0. The standard InChI is InChI=1S/C14H15N3O2/c1-19-11-5-2-9(3-6-11)17-10-4-7-13(15)12(8-10)14(16)18/h2-8,17H,15H2,1H3,(H2,16,18). The van der Waals surface area contributed by atoms with Crippen molar-refractivity contribution >= 4 is 23.0 Å². The van der Waals surface area contributed by atoms with E-state index in [4.69, 9.17) is 16.2 Å². The van der Waals surface area contributed by atoms with Crippen LogP contribution in [0.2, 0.25) is 0 Å². The normalized spacial score (nSPS) is 9.95. The predicted octanol–water partition coefficient (Wildman–Crippen LogP) is 2.12. The molecule has 0 bridgehead atoms. The van der Waals surface area contributed by atoms with Crippen LogP contribution in [-0.4, -0.2) is 13.0 Å². The molecule has 0 fully saturated rings. The molecule has 2 rings (SSSR count). The van der Waals surface area contributed by atoms with Crippen LogP contribution in [0.3, 0.4) is 0 Å². The molecule has 19 heavy (non-hydrogen) atoms. The van der Waals surface area contributed by atoms with Gasteiger partial charge in [0.05, 0.1) is 12.7 Å². The van der Waals surface area contributed by atoms with Gasteiger partial charge in [-0.3, -0.25) is 4.79 Å². The maximum Gasteiger partial charge on any atom is 0.250 e. The fraction of sp³-hybridized carbons (Fsp3) is 0.0714. The molecule has 0 spiro atoms. The number of carbonyl (C=O) groups excluding carboxylic acids is 1. The largest absolute Gasteiger partial charge is 0.497 e. The zero-order valence-electron chi connectivity index (χ0n) is 10.5. The van der Waals surface area contributed by atoms with Gasteiger partial charge in [0.1, 0.15) is 5.75 Å². The quantitative estimate of drug-likeness (QED) is 0.732. The smallest absolute Gasteiger partial charge is 0.250 e. The first-order chi connectivity index (χ1) is 9.10. The third-order valence-corrected chi connectivity index (χ3v) is 2.70. The van der Waals surface area contributed by atoms with E-state index in [1.165, 1.54) is 0 Å². The highest BCUT2D eigenvalue weighted by Crippen LogP contribution is 2.23. The Bertz CT molecular complexity index is 594. The molecule has 0 atom stereocenters. The summed E-state index contributed by atoms with van der Waals surface area (Å²) in [4.78, 5) is 11.2. The molecule has 0 saturated carbocycles. The lowest BCUT2D eigenvalue weighted by Gasteiger charge is -2.09. The minimum atomic E-state index is -0.545. The number of amides is 1. The molecule has 0 heterocycles. The summed E-state index contributed by atoms with van der Waals surface area (Å²) in [7, 11) is 1.61. The zero-order valence-corrected chi connectivity index (χ0v) is 10.5. The Balaban J connectivity index is 2.22. The Morgan fingerprint density at radius 2 is 1.74 bits per heavy atom. The van der Waals surface area contributed by atoms with E-state index in [9.17, 15) is 4.79 Å². The van der Waals surface area contributed by atoms with Crippen LogP contribution in [0.5, 0.6) is 5.75 Å². The van der Waals surface area contributed by atoms with Gasteiger partial charge in [-0.05, 0) is 42.5 Å². The van der Waals surface area contributed by atoms with Crippen LogP contribution in [0.1, 0.15) is 10.4 Å². The molecule has 2 aromatic rings. The van der Waals surface area contributed by atoms with Crippen LogP contribution < -0.4 is 21.5 Å². The van der Waals surface area contributed by atoms with E-state index in [-0.39, 0.29) is 0 Å². The molecule has 0 aliphatic rings. The van der Waals surface area contributed by atoms with Crippen molar-refractivity contribution in [2.24, 2.45) is 5.73 Å². The Hall–Kier alpha value is -2.69. The van der Waals surface area contributed by atoms with Crippen molar-refractivity contribution in [3.63, 3.8) is 0 Å². The van der Waals surface area contributed by atoms with Crippen molar-refractivity contribution in [2.45, 2.75) is 0 Å². The van der Waals surface area contributed by atoms with Crippen LogP contribution in [0, 0.1) is 0 Å². The molecule has 5 nitrogen and oxygen atoms in total. The van der Waals surface area contributed by atoms with E-state index < -0.39 is 5.91 Å². The number of hydrogen-bond acceptors (Lipinski definition) is 4. The summed E-state index contributed by atoms with van der Waals surface area (Å²) in [6.07, 6.45) is 0.